The van der Waals surface area contributed by atoms with Gasteiger partial charge in [0.05, 0.1) is 4.90 Å². The number of aryl methyl sites for hydroxylation is 1. The summed E-state index contributed by atoms with van der Waals surface area (Å²) in [5, 5.41) is 2.86. The molecule has 0 aliphatic rings. The van der Waals surface area contributed by atoms with Gasteiger partial charge in [0.25, 0.3) is 0 Å². The van der Waals surface area contributed by atoms with Crippen LogP contribution in [0.4, 0.5) is 0 Å². The highest BCUT2D eigenvalue weighted by atomic mass is 32.2. The lowest BCUT2D eigenvalue weighted by atomic mass is 9.99. The van der Waals surface area contributed by atoms with Crippen LogP contribution in [0, 0.1) is 12.8 Å². The lowest BCUT2D eigenvalue weighted by Gasteiger charge is -2.23. The first kappa shape index (κ1) is 21.1. The number of hydrogen-bond donors (Lipinski definition) is 2. The summed E-state index contributed by atoms with van der Waals surface area (Å²) in [6.07, 6.45) is 1.39. The highest BCUT2D eigenvalue weighted by Gasteiger charge is 2.29. The quantitative estimate of drug-likeness (QED) is 0.693. The van der Waals surface area contributed by atoms with Gasteiger partial charge in [-0.25, -0.2) is 8.42 Å². The van der Waals surface area contributed by atoms with Crippen molar-refractivity contribution >= 4 is 15.9 Å². The molecule has 5 nitrogen and oxygen atoms in total. The lowest BCUT2D eigenvalue weighted by Crippen LogP contribution is -2.50. The van der Waals surface area contributed by atoms with Gasteiger partial charge in [0, 0.05) is 6.54 Å². The van der Waals surface area contributed by atoms with Gasteiger partial charge in [-0.3, -0.25) is 4.79 Å². The second kappa shape index (κ2) is 9.67. The smallest absolute Gasteiger partial charge is 0.241 e. The van der Waals surface area contributed by atoms with E-state index in [0.29, 0.717) is 19.4 Å². The molecule has 0 aliphatic carbocycles. The minimum atomic E-state index is -3.76. The van der Waals surface area contributed by atoms with E-state index in [9.17, 15) is 13.2 Å². The van der Waals surface area contributed by atoms with Crippen LogP contribution in [0.25, 0.3) is 0 Å². The van der Waals surface area contributed by atoms with Crippen molar-refractivity contribution in [1.82, 2.24) is 10.0 Å². The molecule has 0 bridgehead atoms. The summed E-state index contributed by atoms with van der Waals surface area (Å²) in [5.74, 6) is -0.419. The lowest BCUT2D eigenvalue weighted by molar-refractivity contribution is -0.123. The largest absolute Gasteiger partial charge is 0.354 e. The van der Waals surface area contributed by atoms with Gasteiger partial charge < -0.3 is 5.32 Å². The number of benzene rings is 2. The zero-order valence-electron chi connectivity index (χ0n) is 16.1. The summed E-state index contributed by atoms with van der Waals surface area (Å²) < 4.78 is 28.0. The van der Waals surface area contributed by atoms with Gasteiger partial charge in [0.15, 0.2) is 0 Å². The predicted octanol–water partition coefficient (Wildman–Crippen LogP) is 3.05. The van der Waals surface area contributed by atoms with Crippen LogP contribution in [0.2, 0.25) is 0 Å². The topological polar surface area (TPSA) is 75.3 Å². The van der Waals surface area contributed by atoms with E-state index in [0.717, 1.165) is 11.1 Å². The van der Waals surface area contributed by atoms with Gasteiger partial charge in [-0.05, 0) is 37.0 Å². The molecule has 0 heterocycles. The van der Waals surface area contributed by atoms with Crippen LogP contribution >= 0.6 is 0 Å². The molecule has 6 heteroatoms. The first-order valence-electron chi connectivity index (χ1n) is 9.24. The summed E-state index contributed by atoms with van der Waals surface area (Å²) in [6, 6.07) is 15.6. The highest BCUT2D eigenvalue weighted by Crippen LogP contribution is 2.15. The number of carbonyl (C=O) groups excluding carboxylic acids is 1. The van der Waals surface area contributed by atoms with Crippen LogP contribution in [-0.4, -0.2) is 26.9 Å². The minimum Gasteiger partial charge on any atom is -0.354 e. The number of sulfonamides is 1. The van der Waals surface area contributed by atoms with E-state index in [1.54, 1.807) is 24.3 Å². The van der Waals surface area contributed by atoms with Crippen molar-refractivity contribution in [3.05, 3.63) is 65.7 Å². The Balaban J connectivity index is 2.05. The third-order valence-electron chi connectivity index (χ3n) is 4.66. The molecule has 0 unspecified atom stereocenters. The fourth-order valence-corrected chi connectivity index (χ4v) is 4.01. The molecule has 0 saturated carbocycles. The Bertz CT molecular complexity index is 833. The van der Waals surface area contributed by atoms with E-state index in [1.165, 1.54) is 0 Å². The van der Waals surface area contributed by atoms with E-state index in [4.69, 9.17) is 0 Å². The van der Waals surface area contributed by atoms with E-state index in [1.807, 2.05) is 51.1 Å². The SMILES string of the molecule is CC[C@@H](C)[C@@H](NS(=O)(=O)c1ccc(C)cc1)C(=O)NCCc1ccccc1. The highest BCUT2D eigenvalue weighted by molar-refractivity contribution is 7.89. The fraction of sp³-hybridized carbons (Fsp3) is 0.381. The minimum absolute atomic E-state index is 0.123. The second-order valence-corrected chi connectivity index (χ2v) is 8.54. The Hall–Kier alpha value is -2.18. The third kappa shape index (κ3) is 6.19. The van der Waals surface area contributed by atoms with Gasteiger partial charge in [0.1, 0.15) is 6.04 Å². The molecule has 0 radical (unpaired) electrons. The van der Waals surface area contributed by atoms with Crippen molar-refractivity contribution in [2.75, 3.05) is 6.54 Å². The Kier molecular flexibility index (Phi) is 7.56. The molecule has 146 valence electrons. The van der Waals surface area contributed by atoms with Crippen molar-refractivity contribution in [3.8, 4) is 0 Å². The van der Waals surface area contributed by atoms with Crippen LogP contribution in [0.1, 0.15) is 31.4 Å². The van der Waals surface area contributed by atoms with Crippen LogP contribution in [0.3, 0.4) is 0 Å². The second-order valence-electron chi connectivity index (χ2n) is 6.82. The molecule has 2 rings (SSSR count). The molecule has 2 atom stereocenters. The summed E-state index contributed by atoms with van der Waals surface area (Å²) in [4.78, 5) is 12.8. The third-order valence-corrected chi connectivity index (χ3v) is 6.12. The number of amides is 1. The Morgan fingerprint density at radius 2 is 1.67 bits per heavy atom. The molecule has 2 aromatic rings. The monoisotopic (exact) mass is 388 g/mol. The number of hydrogen-bond acceptors (Lipinski definition) is 3. The molecule has 27 heavy (non-hydrogen) atoms. The van der Waals surface area contributed by atoms with E-state index in [-0.39, 0.29) is 16.7 Å². The number of nitrogens with one attached hydrogen (secondary N) is 2. The average Bonchev–Trinajstić information content (AvgIpc) is 2.66. The standard InChI is InChI=1S/C21H28N2O3S/c1-4-17(3)20(21(24)22-15-14-18-8-6-5-7-9-18)23-27(25,26)19-12-10-16(2)11-13-19/h5-13,17,20,23H,4,14-15H2,1-3H3,(H,22,24)/t17-,20-/m1/s1. The molecule has 0 saturated heterocycles. The normalized spacial score (nSPS) is 13.7. The summed E-state index contributed by atoms with van der Waals surface area (Å²) in [5.41, 5.74) is 2.10. The molecule has 2 N–H and O–H groups in total. The molecule has 2 aromatic carbocycles. The Morgan fingerprint density at radius 3 is 2.26 bits per heavy atom. The van der Waals surface area contributed by atoms with Crippen LogP contribution in [0.5, 0.6) is 0 Å². The van der Waals surface area contributed by atoms with Crippen LogP contribution in [-0.2, 0) is 21.2 Å². The van der Waals surface area contributed by atoms with Crippen LogP contribution in [0.15, 0.2) is 59.5 Å². The van der Waals surface area contributed by atoms with Crippen molar-refractivity contribution in [1.29, 1.82) is 0 Å². The fourth-order valence-electron chi connectivity index (χ4n) is 2.70. The van der Waals surface area contributed by atoms with Crippen LogP contribution < -0.4 is 10.0 Å². The molecule has 0 aliphatic heterocycles. The van der Waals surface area contributed by atoms with E-state index < -0.39 is 16.1 Å². The average molecular weight is 389 g/mol. The molecule has 0 spiro atoms. The first-order valence-corrected chi connectivity index (χ1v) is 10.7. The maximum Gasteiger partial charge on any atom is 0.241 e. The van der Waals surface area contributed by atoms with E-state index >= 15 is 0 Å². The molecule has 0 aromatic heterocycles. The number of carbonyl (C=O) groups is 1. The van der Waals surface area contributed by atoms with Gasteiger partial charge in [-0.2, -0.15) is 4.72 Å². The zero-order chi connectivity index (χ0) is 19.9. The van der Waals surface area contributed by atoms with E-state index in [2.05, 4.69) is 10.0 Å². The zero-order valence-corrected chi connectivity index (χ0v) is 16.9. The van der Waals surface area contributed by atoms with Gasteiger partial charge >= 0.3 is 0 Å². The van der Waals surface area contributed by atoms with Gasteiger partial charge in [-0.15, -0.1) is 0 Å². The molecular weight excluding hydrogens is 360 g/mol. The van der Waals surface area contributed by atoms with Gasteiger partial charge in [0.2, 0.25) is 15.9 Å². The van der Waals surface area contributed by atoms with Gasteiger partial charge in [-0.1, -0.05) is 68.3 Å². The Morgan fingerprint density at radius 1 is 1.04 bits per heavy atom. The molecule has 0 fully saturated rings. The van der Waals surface area contributed by atoms with Crippen molar-refractivity contribution in [2.24, 2.45) is 5.92 Å². The maximum absolute atomic E-state index is 12.7. The Labute approximate surface area is 162 Å². The first-order chi connectivity index (χ1) is 12.8. The molecular formula is C21H28N2O3S. The van der Waals surface area contributed by atoms with Crippen molar-refractivity contribution < 1.29 is 13.2 Å². The summed E-state index contributed by atoms with van der Waals surface area (Å²) in [6.45, 7) is 6.17. The van der Waals surface area contributed by atoms with Crippen molar-refractivity contribution in [3.63, 3.8) is 0 Å². The maximum atomic E-state index is 12.7. The van der Waals surface area contributed by atoms with Crippen molar-refractivity contribution in [2.45, 2.75) is 44.6 Å². The molecule has 1 amide bonds. The number of rotatable bonds is 9. The predicted molar refractivity (Wildman–Crippen MR) is 108 cm³/mol. The summed E-state index contributed by atoms with van der Waals surface area (Å²) in [7, 11) is -3.76. The summed E-state index contributed by atoms with van der Waals surface area (Å²) >= 11 is 0.